The Balaban J connectivity index is 2.42. The minimum absolute atomic E-state index is 0.0287. The van der Waals surface area contributed by atoms with Crippen molar-refractivity contribution >= 4 is 0 Å². The molecule has 1 heterocycles. The number of piperidine rings is 1. The Bertz CT molecular complexity index is 168. The first kappa shape index (κ1) is 10.9. The van der Waals surface area contributed by atoms with Crippen LogP contribution in [0.3, 0.4) is 0 Å². The quantitative estimate of drug-likeness (QED) is 0.648. The molecule has 0 spiro atoms. The summed E-state index contributed by atoms with van der Waals surface area (Å²) in [6.07, 6.45) is 0.0287. The normalized spacial score (nSPS) is 29.5. The topological polar surface area (TPSA) is 3.24 Å². The minimum Gasteiger partial charge on any atom is -0.302 e. The fourth-order valence-electron chi connectivity index (χ4n) is 1.85. The maximum atomic E-state index is 13.1. The zero-order chi connectivity index (χ0) is 10.1. The van der Waals surface area contributed by atoms with E-state index in [4.69, 9.17) is 0 Å². The summed E-state index contributed by atoms with van der Waals surface area (Å²) < 4.78 is 26.2. The molecule has 1 rings (SSSR count). The molecule has 0 N–H and O–H groups in total. The molecule has 0 saturated carbocycles. The Hall–Kier alpha value is -0.180. The van der Waals surface area contributed by atoms with Crippen LogP contribution in [0.25, 0.3) is 0 Å². The lowest BCUT2D eigenvalue weighted by Crippen LogP contribution is -2.46. The van der Waals surface area contributed by atoms with Crippen molar-refractivity contribution in [3.05, 3.63) is 0 Å². The zero-order valence-corrected chi connectivity index (χ0v) is 8.69. The predicted octanol–water partition coefficient (Wildman–Crippen LogP) is 2.62. The van der Waals surface area contributed by atoms with E-state index in [-0.39, 0.29) is 6.42 Å². The van der Waals surface area contributed by atoms with E-state index < -0.39 is 11.8 Å². The van der Waals surface area contributed by atoms with Gasteiger partial charge in [-0.2, -0.15) is 0 Å². The summed E-state index contributed by atoms with van der Waals surface area (Å²) in [6.45, 7) is 7.93. The largest absolute Gasteiger partial charge is 0.302 e. The number of likely N-dealkylation sites (tertiary alicyclic amines) is 1. The summed E-state index contributed by atoms with van der Waals surface area (Å²) in [4.78, 5) is 2.15. The SMILES string of the molecule is CC(C)CN1CCC(F)(F)C(C)C1. The monoisotopic (exact) mass is 191 g/mol. The van der Waals surface area contributed by atoms with Crippen LogP contribution in [0.2, 0.25) is 0 Å². The van der Waals surface area contributed by atoms with Gasteiger partial charge in [0.15, 0.2) is 0 Å². The highest BCUT2D eigenvalue weighted by atomic mass is 19.3. The fraction of sp³-hybridized carbons (Fsp3) is 1.00. The summed E-state index contributed by atoms with van der Waals surface area (Å²) in [6, 6.07) is 0. The number of hydrogen-bond acceptors (Lipinski definition) is 1. The molecule has 0 bridgehead atoms. The van der Waals surface area contributed by atoms with Gasteiger partial charge >= 0.3 is 0 Å². The minimum atomic E-state index is -2.44. The lowest BCUT2D eigenvalue weighted by molar-refractivity contribution is -0.100. The van der Waals surface area contributed by atoms with Crippen molar-refractivity contribution in [2.45, 2.75) is 33.1 Å². The molecule has 0 aromatic heterocycles. The average molecular weight is 191 g/mol. The van der Waals surface area contributed by atoms with E-state index in [9.17, 15) is 8.78 Å². The van der Waals surface area contributed by atoms with Gasteiger partial charge < -0.3 is 4.90 Å². The van der Waals surface area contributed by atoms with Gasteiger partial charge in [-0.1, -0.05) is 20.8 Å². The van der Waals surface area contributed by atoms with E-state index in [1.54, 1.807) is 6.92 Å². The third-order valence-electron chi connectivity index (χ3n) is 2.64. The maximum absolute atomic E-state index is 13.1. The summed E-state index contributed by atoms with van der Waals surface area (Å²) in [7, 11) is 0. The second-order valence-electron chi connectivity index (χ2n) is 4.57. The van der Waals surface area contributed by atoms with Crippen molar-refractivity contribution in [1.82, 2.24) is 4.90 Å². The Morgan fingerprint density at radius 1 is 1.46 bits per heavy atom. The second-order valence-corrected chi connectivity index (χ2v) is 4.57. The summed E-state index contributed by atoms with van der Waals surface area (Å²) in [5.41, 5.74) is 0. The molecule has 13 heavy (non-hydrogen) atoms. The van der Waals surface area contributed by atoms with Gasteiger partial charge in [0.2, 0.25) is 0 Å². The van der Waals surface area contributed by atoms with Crippen molar-refractivity contribution in [3.8, 4) is 0 Å². The third-order valence-corrected chi connectivity index (χ3v) is 2.64. The molecule has 0 aromatic carbocycles. The molecule has 3 heteroatoms. The molecule has 1 nitrogen and oxygen atoms in total. The second kappa shape index (κ2) is 3.91. The van der Waals surface area contributed by atoms with Crippen LogP contribution in [0.5, 0.6) is 0 Å². The van der Waals surface area contributed by atoms with Crippen molar-refractivity contribution < 1.29 is 8.78 Å². The molecule has 0 amide bonds. The summed E-state index contributed by atoms with van der Waals surface area (Å²) >= 11 is 0. The van der Waals surface area contributed by atoms with Crippen LogP contribution >= 0.6 is 0 Å². The van der Waals surface area contributed by atoms with Gasteiger partial charge in [0.1, 0.15) is 0 Å². The van der Waals surface area contributed by atoms with Crippen LogP contribution in [0.1, 0.15) is 27.2 Å². The van der Waals surface area contributed by atoms with E-state index in [1.807, 2.05) is 0 Å². The Morgan fingerprint density at radius 3 is 2.54 bits per heavy atom. The van der Waals surface area contributed by atoms with E-state index in [1.165, 1.54) is 0 Å². The number of hydrogen-bond donors (Lipinski definition) is 0. The Kier molecular flexibility index (Phi) is 3.28. The van der Waals surface area contributed by atoms with Crippen molar-refractivity contribution in [1.29, 1.82) is 0 Å². The number of halogens is 2. The number of rotatable bonds is 2. The summed E-state index contributed by atoms with van der Waals surface area (Å²) in [5, 5.41) is 0. The number of nitrogens with zero attached hydrogens (tertiary/aromatic N) is 1. The van der Waals surface area contributed by atoms with E-state index in [2.05, 4.69) is 18.7 Å². The van der Waals surface area contributed by atoms with Gasteiger partial charge in [-0.05, 0) is 5.92 Å². The van der Waals surface area contributed by atoms with Crippen LogP contribution in [0.15, 0.2) is 0 Å². The first-order chi connectivity index (χ1) is 5.92. The van der Waals surface area contributed by atoms with Crippen molar-refractivity contribution in [2.75, 3.05) is 19.6 Å². The molecule has 78 valence electrons. The average Bonchev–Trinajstić information content (AvgIpc) is 1.97. The lowest BCUT2D eigenvalue weighted by atomic mass is 9.95. The smallest absolute Gasteiger partial charge is 0.253 e. The molecular formula is C10H19F2N. The molecule has 1 aliphatic rings. The molecule has 0 aliphatic carbocycles. The van der Waals surface area contributed by atoms with Gasteiger partial charge in [-0.25, -0.2) is 8.78 Å². The zero-order valence-electron chi connectivity index (χ0n) is 8.69. The maximum Gasteiger partial charge on any atom is 0.253 e. The Labute approximate surface area is 79.1 Å². The molecule has 0 aromatic rings. The van der Waals surface area contributed by atoms with Crippen molar-refractivity contribution in [2.24, 2.45) is 11.8 Å². The van der Waals surface area contributed by atoms with Crippen LogP contribution < -0.4 is 0 Å². The molecule has 1 aliphatic heterocycles. The van der Waals surface area contributed by atoms with Crippen LogP contribution in [0.4, 0.5) is 8.78 Å². The first-order valence-electron chi connectivity index (χ1n) is 5.02. The highest BCUT2D eigenvalue weighted by Crippen LogP contribution is 2.32. The van der Waals surface area contributed by atoms with Gasteiger partial charge in [0, 0.05) is 32.0 Å². The van der Waals surface area contributed by atoms with Gasteiger partial charge in [0.05, 0.1) is 0 Å². The van der Waals surface area contributed by atoms with Gasteiger partial charge in [0.25, 0.3) is 5.92 Å². The Morgan fingerprint density at radius 2 is 2.08 bits per heavy atom. The van der Waals surface area contributed by atoms with E-state index in [0.717, 1.165) is 6.54 Å². The molecule has 1 unspecified atom stereocenters. The molecule has 0 radical (unpaired) electrons. The van der Waals surface area contributed by atoms with E-state index >= 15 is 0 Å². The molecular weight excluding hydrogens is 172 g/mol. The van der Waals surface area contributed by atoms with Crippen molar-refractivity contribution in [3.63, 3.8) is 0 Å². The molecule has 1 saturated heterocycles. The fourth-order valence-corrected chi connectivity index (χ4v) is 1.85. The summed E-state index contributed by atoms with van der Waals surface area (Å²) in [5.74, 6) is -2.35. The molecule has 1 fully saturated rings. The molecule has 1 atom stereocenters. The van der Waals surface area contributed by atoms with Gasteiger partial charge in [-0.3, -0.25) is 0 Å². The lowest BCUT2D eigenvalue weighted by Gasteiger charge is -2.37. The van der Waals surface area contributed by atoms with Gasteiger partial charge in [-0.15, -0.1) is 0 Å². The van der Waals surface area contributed by atoms with Crippen LogP contribution in [-0.2, 0) is 0 Å². The predicted molar refractivity (Wildman–Crippen MR) is 50.0 cm³/mol. The number of alkyl halides is 2. The standard InChI is InChI=1S/C10H19F2N/c1-8(2)6-13-5-4-10(11,12)9(3)7-13/h8-9H,4-7H2,1-3H3. The highest BCUT2D eigenvalue weighted by Gasteiger charge is 2.40. The van der Waals surface area contributed by atoms with Crippen LogP contribution in [-0.4, -0.2) is 30.5 Å². The van der Waals surface area contributed by atoms with Crippen LogP contribution in [0, 0.1) is 11.8 Å². The third kappa shape index (κ3) is 2.90. The highest BCUT2D eigenvalue weighted by molar-refractivity contribution is 4.83. The van der Waals surface area contributed by atoms with E-state index in [0.29, 0.717) is 19.0 Å². The first-order valence-corrected chi connectivity index (χ1v) is 5.02.